The number of anilines is 2. The van der Waals surface area contributed by atoms with Gasteiger partial charge in [-0.25, -0.2) is 0 Å². The van der Waals surface area contributed by atoms with Crippen molar-refractivity contribution in [3.63, 3.8) is 0 Å². The van der Waals surface area contributed by atoms with E-state index >= 15 is 0 Å². The Kier molecular flexibility index (Phi) is 11.6. The van der Waals surface area contributed by atoms with Crippen LogP contribution in [-0.4, -0.2) is 38.1 Å². The minimum absolute atomic E-state index is 0.0715. The molecule has 2 amide bonds. The largest absolute Gasteiger partial charge is 0.484 e. The van der Waals surface area contributed by atoms with Gasteiger partial charge < -0.3 is 19.3 Å². The van der Waals surface area contributed by atoms with E-state index in [2.05, 4.69) is 65.8 Å². The highest BCUT2D eigenvalue weighted by molar-refractivity contribution is 5.96. The summed E-state index contributed by atoms with van der Waals surface area (Å²) in [6.45, 7) is 13.5. The van der Waals surface area contributed by atoms with Crippen LogP contribution in [0.3, 0.4) is 0 Å². The predicted molar refractivity (Wildman–Crippen MR) is 188 cm³/mol. The zero-order valence-corrected chi connectivity index (χ0v) is 28.2. The highest BCUT2D eigenvalue weighted by Crippen LogP contribution is 2.29. The minimum Gasteiger partial charge on any atom is -0.484 e. The van der Waals surface area contributed by atoms with Crippen LogP contribution in [0.15, 0.2) is 109 Å². The monoisotopic (exact) mass is 620 g/mol. The van der Waals surface area contributed by atoms with Crippen LogP contribution >= 0.6 is 0 Å². The van der Waals surface area contributed by atoms with Crippen LogP contribution in [0.25, 0.3) is 0 Å². The fourth-order valence-electron chi connectivity index (χ4n) is 5.07. The van der Waals surface area contributed by atoms with E-state index in [0.29, 0.717) is 11.5 Å². The van der Waals surface area contributed by atoms with Gasteiger partial charge in [0.2, 0.25) is 0 Å². The molecule has 0 N–H and O–H groups in total. The molecule has 6 nitrogen and oxygen atoms in total. The molecule has 0 saturated carbocycles. The molecule has 0 aliphatic rings. The summed E-state index contributed by atoms with van der Waals surface area (Å²) in [5.41, 5.74) is 4.08. The standard InChI is InChI=1S/C40H48N2O4/c1-7-39(3,4)31-19-23-35(24-20-31)45-29-37(43)41(33-15-11-9-12-16-33)27-28-42(34-17-13-10-14-18-34)38(44)30-46-36-25-21-32(22-26-36)40(5,6)8-2/h9-26H,7-8,27-30H2,1-6H3. The first kappa shape index (κ1) is 34.3. The Morgan fingerprint density at radius 2 is 0.848 bits per heavy atom. The fraction of sp³-hybridized carbons (Fsp3) is 0.350. The van der Waals surface area contributed by atoms with Gasteiger partial charge in [0.15, 0.2) is 13.2 Å². The first-order valence-electron chi connectivity index (χ1n) is 16.2. The average molecular weight is 621 g/mol. The summed E-state index contributed by atoms with van der Waals surface area (Å²) >= 11 is 0. The summed E-state index contributed by atoms with van der Waals surface area (Å²) in [5, 5.41) is 0. The molecule has 4 rings (SSSR count). The highest BCUT2D eigenvalue weighted by atomic mass is 16.5. The molecule has 0 bridgehead atoms. The number of carbonyl (C=O) groups excluding carboxylic acids is 2. The maximum Gasteiger partial charge on any atom is 0.264 e. The van der Waals surface area contributed by atoms with Crippen LogP contribution in [0, 0.1) is 0 Å². The van der Waals surface area contributed by atoms with E-state index < -0.39 is 0 Å². The number of amides is 2. The van der Waals surface area contributed by atoms with Gasteiger partial charge in [0.25, 0.3) is 11.8 Å². The van der Waals surface area contributed by atoms with Gasteiger partial charge in [0.05, 0.1) is 0 Å². The van der Waals surface area contributed by atoms with Crippen LogP contribution < -0.4 is 19.3 Å². The summed E-state index contributed by atoms with van der Waals surface area (Å²) < 4.78 is 11.9. The van der Waals surface area contributed by atoms with E-state index in [9.17, 15) is 9.59 Å². The first-order chi connectivity index (χ1) is 22.0. The van der Waals surface area contributed by atoms with Crippen LogP contribution in [0.1, 0.15) is 65.5 Å². The van der Waals surface area contributed by atoms with Crippen molar-refractivity contribution in [1.29, 1.82) is 0 Å². The Bertz CT molecular complexity index is 1410. The fourth-order valence-corrected chi connectivity index (χ4v) is 5.07. The predicted octanol–water partition coefficient (Wildman–Crippen LogP) is 8.59. The third-order valence-corrected chi connectivity index (χ3v) is 9.05. The van der Waals surface area contributed by atoms with Gasteiger partial charge in [0, 0.05) is 24.5 Å². The molecule has 4 aromatic rings. The number of hydrogen-bond donors (Lipinski definition) is 0. The average Bonchev–Trinajstić information content (AvgIpc) is 3.09. The molecule has 6 heteroatoms. The Labute approximate surface area is 275 Å². The Hall–Kier alpha value is -4.58. The molecule has 46 heavy (non-hydrogen) atoms. The number of nitrogens with zero attached hydrogens (tertiary/aromatic N) is 2. The SMILES string of the molecule is CCC(C)(C)c1ccc(OCC(=O)N(CCN(C(=O)COc2ccc(C(C)(C)CC)cc2)c2ccccc2)c2ccccc2)cc1. The summed E-state index contributed by atoms with van der Waals surface area (Å²) in [4.78, 5) is 30.6. The number of benzene rings is 4. The molecular formula is C40H48N2O4. The van der Waals surface area contributed by atoms with Crippen molar-refractivity contribution < 1.29 is 19.1 Å². The Morgan fingerprint density at radius 1 is 0.522 bits per heavy atom. The Balaban J connectivity index is 1.46. The van der Waals surface area contributed by atoms with Crippen LogP contribution in [0.2, 0.25) is 0 Å². The highest BCUT2D eigenvalue weighted by Gasteiger charge is 2.23. The molecular weight excluding hydrogens is 572 g/mol. The third-order valence-electron chi connectivity index (χ3n) is 9.05. The topological polar surface area (TPSA) is 59.1 Å². The molecule has 0 unspecified atom stereocenters. The van der Waals surface area contributed by atoms with Crippen molar-refractivity contribution in [3.05, 3.63) is 120 Å². The second-order valence-corrected chi connectivity index (χ2v) is 12.9. The second-order valence-electron chi connectivity index (χ2n) is 12.9. The van der Waals surface area contributed by atoms with Gasteiger partial charge in [-0.15, -0.1) is 0 Å². The quantitative estimate of drug-likeness (QED) is 0.134. The maximum atomic E-state index is 13.6. The molecule has 0 spiro atoms. The van der Waals surface area contributed by atoms with Crippen molar-refractivity contribution in [2.45, 2.75) is 65.2 Å². The molecule has 0 aromatic heterocycles. The van der Waals surface area contributed by atoms with Crippen LogP contribution in [0.4, 0.5) is 11.4 Å². The molecule has 0 fully saturated rings. The summed E-state index contributed by atoms with van der Waals surface area (Å²) in [7, 11) is 0. The molecule has 0 aliphatic carbocycles. The van der Waals surface area contributed by atoms with Crippen LogP contribution in [-0.2, 0) is 20.4 Å². The summed E-state index contributed by atoms with van der Waals surface area (Å²) in [5.74, 6) is 0.884. The number of para-hydroxylation sites is 2. The van der Waals surface area contributed by atoms with Gasteiger partial charge in [-0.3, -0.25) is 9.59 Å². The Morgan fingerprint density at radius 3 is 1.15 bits per heavy atom. The lowest BCUT2D eigenvalue weighted by atomic mass is 9.82. The smallest absolute Gasteiger partial charge is 0.264 e. The number of rotatable bonds is 15. The van der Waals surface area contributed by atoms with E-state index in [4.69, 9.17) is 9.47 Å². The van der Waals surface area contributed by atoms with E-state index in [0.717, 1.165) is 24.2 Å². The minimum atomic E-state index is -0.198. The molecule has 0 radical (unpaired) electrons. The number of hydrogen-bond acceptors (Lipinski definition) is 4. The van der Waals surface area contributed by atoms with Crippen molar-refractivity contribution in [2.24, 2.45) is 0 Å². The van der Waals surface area contributed by atoms with Crippen molar-refractivity contribution >= 4 is 23.2 Å². The zero-order chi connectivity index (χ0) is 33.2. The van der Waals surface area contributed by atoms with Crippen molar-refractivity contribution in [1.82, 2.24) is 0 Å². The molecule has 0 heterocycles. The second kappa shape index (κ2) is 15.6. The van der Waals surface area contributed by atoms with Gasteiger partial charge in [-0.1, -0.05) is 102 Å². The normalized spacial score (nSPS) is 11.5. The van der Waals surface area contributed by atoms with Gasteiger partial charge >= 0.3 is 0 Å². The van der Waals surface area contributed by atoms with E-state index in [-0.39, 0.29) is 48.9 Å². The third kappa shape index (κ3) is 9.00. The number of carbonyl (C=O) groups is 2. The van der Waals surface area contributed by atoms with E-state index in [1.807, 2.05) is 84.9 Å². The lowest BCUT2D eigenvalue weighted by Crippen LogP contribution is -2.44. The lowest BCUT2D eigenvalue weighted by molar-refractivity contribution is -0.122. The number of ether oxygens (including phenoxy) is 2. The molecule has 0 saturated heterocycles. The molecule has 4 aromatic carbocycles. The van der Waals surface area contributed by atoms with E-state index in [1.54, 1.807) is 9.80 Å². The van der Waals surface area contributed by atoms with E-state index in [1.165, 1.54) is 11.1 Å². The molecule has 0 atom stereocenters. The summed E-state index contributed by atoms with van der Waals surface area (Å²) in [6, 6.07) is 34.9. The van der Waals surface area contributed by atoms with Gasteiger partial charge in [-0.05, 0) is 83.3 Å². The lowest BCUT2D eigenvalue weighted by Gasteiger charge is -2.28. The molecule has 0 aliphatic heterocycles. The summed E-state index contributed by atoms with van der Waals surface area (Å²) in [6.07, 6.45) is 2.05. The maximum absolute atomic E-state index is 13.6. The molecule has 242 valence electrons. The van der Waals surface area contributed by atoms with Gasteiger partial charge in [0.1, 0.15) is 11.5 Å². The van der Waals surface area contributed by atoms with Crippen LogP contribution in [0.5, 0.6) is 11.5 Å². The van der Waals surface area contributed by atoms with Crippen molar-refractivity contribution in [2.75, 3.05) is 36.1 Å². The van der Waals surface area contributed by atoms with Gasteiger partial charge in [-0.2, -0.15) is 0 Å². The zero-order valence-electron chi connectivity index (χ0n) is 28.2. The first-order valence-corrected chi connectivity index (χ1v) is 16.2. The van der Waals surface area contributed by atoms with Crippen molar-refractivity contribution in [3.8, 4) is 11.5 Å².